The monoisotopic (exact) mass is 266 g/mol. The first kappa shape index (κ1) is 15.3. The zero-order chi connectivity index (χ0) is 13.7. The molecule has 1 saturated heterocycles. The average molecular weight is 266 g/mol. The summed E-state index contributed by atoms with van der Waals surface area (Å²) in [6.07, 6.45) is 9.73. The topological polar surface area (TPSA) is 15.3 Å². The lowest BCUT2D eigenvalue weighted by Gasteiger charge is -2.45. The third kappa shape index (κ3) is 4.19. The van der Waals surface area contributed by atoms with Crippen LogP contribution in [0.15, 0.2) is 0 Å². The Hall–Kier alpha value is -0.0800. The quantitative estimate of drug-likeness (QED) is 0.817. The minimum Gasteiger partial charge on any atom is -0.312 e. The second-order valence-corrected chi connectivity index (χ2v) is 6.93. The van der Waals surface area contributed by atoms with Gasteiger partial charge < -0.3 is 5.32 Å². The average Bonchev–Trinajstić information content (AvgIpc) is 2.46. The van der Waals surface area contributed by atoms with Crippen LogP contribution in [0.4, 0.5) is 0 Å². The summed E-state index contributed by atoms with van der Waals surface area (Å²) in [4.78, 5) is 2.81. The summed E-state index contributed by atoms with van der Waals surface area (Å²) in [6, 6.07) is 1.57. The number of hydrogen-bond acceptors (Lipinski definition) is 2. The third-order valence-corrected chi connectivity index (χ3v) is 5.43. The summed E-state index contributed by atoms with van der Waals surface area (Å²) in [5, 5.41) is 3.82. The van der Waals surface area contributed by atoms with Crippen molar-refractivity contribution in [2.45, 2.75) is 77.8 Å². The molecular formula is C17H34N2. The van der Waals surface area contributed by atoms with Crippen LogP contribution in [0.5, 0.6) is 0 Å². The van der Waals surface area contributed by atoms with Crippen LogP contribution in [0.25, 0.3) is 0 Å². The molecule has 0 spiro atoms. The number of nitrogens with zero attached hydrogens (tertiary/aromatic N) is 1. The number of nitrogens with one attached hydrogen (secondary N) is 1. The van der Waals surface area contributed by atoms with Crippen molar-refractivity contribution >= 4 is 0 Å². The molecule has 0 aromatic rings. The first-order valence-corrected chi connectivity index (χ1v) is 8.72. The van der Waals surface area contributed by atoms with E-state index < -0.39 is 0 Å². The first-order chi connectivity index (χ1) is 9.24. The van der Waals surface area contributed by atoms with Gasteiger partial charge in [-0.25, -0.2) is 0 Å². The Morgan fingerprint density at radius 3 is 2.42 bits per heavy atom. The van der Waals surface area contributed by atoms with Gasteiger partial charge in [0.25, 0.3) is 0 Å². The molecule has 0 amide bonds. The van der Waals surface area contributed by atoms with Crippen molar-refractivity contribution < 1.29 is 0 Å². The van der Waals surface area contributed by atoms with E-state index in [4.69, 9.17) is 0 Å². The Labute approximate surface area is 120 Å². The van der Waals surface area contributed by atoms with Crippen LogP contribution in [0.2, 0.25) is 0 Å². The molecule has 2 rings (SSSR count). The zero-order valence-electron chi connectivity index (χ0n) is 13.3. The van der Waals surface area contributed by atoms with Crippen molar-refractivity contribution in [3.8, 4) is 0 Å². The molecule has 0 aromatic heterocycles. The smallest absolute Gasteiger partial charge is 0.0251 e. The van der Waals surface area contributed by atoms with Crippen LogP contribution in [0.1, 0.15) is 65.7 Å². The number of hydrogen-bond donors (Lipinski definition) is 1. The Bertz CT molecular complexity index is 244. The highest BCUT2D eigenvalue weighted by Crippen LogP contribution is 2.31. The van der Waals surface area contributed by atoms with Crippen molar-refractivity contribution in [3.05, 3.63) is 0 Å². The Morgan fingerprint density at radius 2 is 1.79 bits per heavy atom. The second-order valence-electron chi connectivity index (χ2n) is 6.93. The maximum absolute atomic E-state index is 3.82. The normalized spacial score (nSPS) is 34.6. The fourth-order valence-electron chi connectivity index (χ4n) is 4.02. The van der Waals surface area contributed by atoms with Gasteiger partial charge in [-0.2, -0.15) is 0 Å². The van der Waals surface area contributed by atoms with Gasteiger partial charge >= 0.3 is 0 Å². The van der Waals surface area contributed by atoms with E-state index in [9.17, 15) is 0 Å². The van der Waals surface area contributed by atoms with Crippen LogP contribution in [-0.2, 0) is 0 Å². The molecule has 112 valence electrons. The third-order valence-electron chi connectivity index (χ3n) is 5.43. The van der Waals surface area contributed by atoms with Crippen molar-refractivity contribution in [2.75, 3.05) is 19.6 Å². The zero-order valence-corrected chi connectivity index (χ0v) is 13.3. The molecule has 1 saturated carbocycles. The molecule has 1 heterocycles. The molecule has 1 N–H and O–H groups in total. The highest BCUT2D eigenvalue weighted by molar-refractivity contribution is 4.91. The maximum atomic E-state index is 3.82. The van der Waals surface area contributed by atoms with Crippen LogP contribution < -0.4 is 5.32 Å². The van der Waals surface area contributed by atoms with Crippen LogP contribution in [-0.4, -0.2) is 36.6 Å². The molecular weight excluding hydrogens is 232 g/mol. The first-order valence-electron chi connectivity index (χ1n) is 8.72. The van der Waals surface area contributed by atoms with Crippen molar-refractivity contribution in [2.24, 2.45) is 11.8 Å². The summed E-state index contributed by atoms with van der Waals surface area (Å²) >= 11 is 0. The van der Waals surface area contributed by atoms with Crippen LogP contribution >= 0.6 is 0 Å². The molecule has 0 bridgehead atoms. The van der Waals surface area contributed by atoms with E-state index in [1.54, 1.807) is 0 Å². The van der Waals surface area contributed by atoms with Gasteiger partial charge in [-0.15, -0.1) is 0 Å². The molecule has 19 heavy (non-hydrogen) atoms. The van der Waals surface area contributed by atoms with Gasteiger partial charge in [-0.05, 0) is 70.0 Å². The van der Waals surface area contributed by atoms with Crippen molar-refractivity contribution in [1.82, 2.24) is 10.2 Å². The molecule has 2 heteroatoms. The van der Waals surface area contributed by atoms with Crippen LogP contribution in [0.3, 0.4) is 0 Å². The Kier molecular flexibility index (Phi) is 6.15. The van der Waals surface area contributed by atoms with Gasteiger partial charge in [0.15, 0.2) is 0 Å². The lowest BCUT2D eigenvalue weighted by molar-refractivity contribution is 0.0675. The highest BCUT2D eigenvalue weighted by Gasteiger charge is 2.34. The summed E-state index contributed by atoms with van der Waals surface area (Å²) in [5.74, 6) is 1.92. The van der Waals surface area contributed by atoms with E-state index in [2.05, 4.69) is 31.0 Å². The Balaban J connectivity index is 1.89. The standard InChI is InChI=1S/C17H34N2/c1-4-10-18-16-7-6-14(3)13-17(16)19-11-8-15(5-2)9-12-19/h14-18H,4-13H2,1-3H3. The van der Waals surface area contributed by atoms with Gasteiger partial charge in [-0.1, -0.05) is 27.2 Å². The van der Waals surface area contributed by atoms with E-state index in [1.807, 2.05) is 0 Å². The fraction of sp³-hybridized carbons (Fsp3) is 1.00. The molecule has 1 aliphatic carbocycles. The van der Waals surface area contributed by atoms with Gasteiger partial charge in [0.05, 0.1) is 0 Å². The van der Waals surface area contributed by atoms with E-state index >= 15 is 0 Å². The second kappa shape index (κ2) is 7.64. The predicted molar refractivity (Wildman–Crippen MR) is 83.5 cm³/mol. The van der Waals surface area contributed by atoms with Crippen LogP contribution in [0, 0.1) is 11.8 Å². The summed E-state index contributed by atoms with van der Waals surface area (Å²) < 4.78 is 0. The minimum atomic E-state index is 0.759. The molecule has 3 atom stereocenters. The van der Waals surface area contributed by atoms with Crippen molar-refractivity contribution in [3.63, 3.8) is 0 Å². The van der Waals surface area contributed by atoms with E-state index in [0.717, 1.165) is 23.9 Å². The lowest BCUT2D eigenvalue weighted by Crippen LogP contribution is -2.55. The molecule has 2 aliphatic rings. The minimum absolute atomic E-state index is 0.759. The SMILES string of the molecule is CCCNC1CCC(C)CC1N1CCC(CC)CC1. The molecule has 0 aromatic carbocycles. The van der Waals surface area contributed by atoms with Crippen molar-refractivity contribution in [1.29, 1.82) is 0 Å². The van der Waals surface area contributed by atoms with Gasteiger partial charge in [0.1, 0.15) is 0 Å². The molecule has 0 radical (unpaired) electrons. The largest absolute Gasteiger partial charge is 0.312 e. The Morgan fingerprint density at radius 1 is 1.05 bits per heavy atom. The lowest BCUT2D eigenvalue weighted by atomic mass is 9.81. The molecule has 3 unspecified atom stereocenters. The molecule has 2 fully saturated rings. The van der Waals surface area contributed by atoms with E-state index in [0.29, 0.717) is 0 Å². The molecule has 2 nitrogen and oxygen atoms in total. The van der Waals surface area contributed by atoms with Gasteiger partial charge in [0, 0.05) is 12.1 Å². The summed E-state index contributed by atoms with van der Waals surface area (Å²) in [6.45, 7) is 11.0. The number of rotatable bonds is 5. The highest BCUT2D eigenvalue weighted by atomic mass is 15.2. The number of piperidine rings is 1. The summed E-state index contributed by atoms with van der Waals surface area (Å²) in [7, 11) is 0. The van der Waals surface area contributed by atoms with Gasteiger partial charge in [-0.3, -0.25) is 4.90 Å². The molecule has 1 aliphatic heterocycles. The van der Waals surface area contributed by atoms with Gasteiger partial charge in [0.2, 0.25) is 0 Å². The number of likely N-dealkylation sites (tertiary alicyclic amines) is 1. The summed E-state index contributed by atoms with van der Waals surface area (Å²) in [5.41, 5.74) is 0. The maximum Gasteiger partial charge on any atom is 0.0251 e. The fourth-order valence-corrected chi connectivity index (χ4v) is 4.02. The van der Waals surface area contributed by atoms with E-state index in [1.165, 1.54) is 64.6 Å². The predicted octanol–water partition coefficient (Wildman–Crippen LogP) is 3.67. The van der Waals surface area contributed by atoms with E-state index in [-0.39, 0.29) is 0 Å².